The highest BCUT2D eigenvalue weighted by Crippen LogP contribution is 2.23. The van der Waals surface area contributed by atoms with E-state index < -0.39 is 0 Å². The van der Waals surface area contributed by atoms with E-state index in [1.54, 1.807) is 0 Å². The lowest BCUT2D eigenvalue weighted by molar-refractivity contribution is 0.0881. The SMILES string of the molecule is c1ccc(OCCOC2CC2)cc1. The zero-order valence-electron chi connectivity index (χ0n) is 7.61. The average molecular weight is 178 g/mol. The van der Waals surface area contributed by atoms with Gasteiger partial charge in [-0.1, -0.05) is 18.2 Å². The van der Waals surface area contributed by atoms with Crippen molar-refractivity contribution in [2.75, 3.05) is 13.2 Å². The molecule has 0 heterocycles. The molecule has 13 heavy (non-hydrogen) atoms. The van der Waals surface area contributed by atoms with Gasteiger partial charge in [-0.05, 0) is 25.0 Å². The molecular formula is C11H14O2. The van der Waals surface area contributed by atoms with E-state index in [0.717, 1.165) is 5.75 Å². The van der Waals surface area contributed by atoms with Gasteiger partial charge in [0, 0.05) is 0 Å². The van der Waals surface area contributed by atoms with Gasteiger partial charge in [0.05, 0.1) is 12.7 Å². The Morgan fingerprint density at radius 3 is 2.54 bits per heavy atom. The van der Waals surface area contributed by atoms with Gasteiger partial charge >= 0.3 is 0 Å². The van der Waals surface area contributed by atoms with Gasteiger partial charge in [0.1, 0.15) is 12.4 Å². The Bertz CT molecular complexity index is 242. The zero-order valence-corrected chi connectivity index (χ0v) is 7.61. The first-order valence-corrected chi connectivity index (χ1v) is 4.74. The minimum Gasteiger partial charge on any atom is -0.491 e. The molecule has 0 unspecified atom stereocenters. The highest BCUT2D eigenvalue weighted by Gasteiger charge is 2.21. The topological polar surface area (TPSA) is 18.5 Å². The maximum Gasteiger partial charge on any atom is 0.119 e. The predicted octanol–water partition coefficient (Wildman–Crippen LogP) is 2.24. The van der Waals surface area contributed by atoms with Gasteiger partial charge in [0.2, 0.25) is 0 Å². The van der Waals surface area contributed by atoms with E-state index in [9.17, 15) is 0 Å². The van der Waals surface area contributed by atoms with Crippen LogP contribution in [0.3, 0.4) is 0 Å². The van der Waals surface area contributed by atoms with Crippen molar-refractivity contribution in [3.63, 3.8) is 0 Å². The van der Waals surface area contributed by atoms with Crippen LogP contribution in [-0.4, -0.2) is 19.3 Å². The van der Waals surface area contributed by atoms with Gasteiger partial charge in [-0.2, -0.15) is 0 Å². The van der Waals surface area contributed by atoms with Crippen LogP contribution in [0.4, 0.5) is 0 Å². The van der Waals surface area contributed by atoms with E-state index in [1.165, 1.54) is 12.8 Å². The van der Waals surface area contributed by atoms with Crippen LogP contribution >= 0.6 is 0 Å². The first-order chi connectivity index (χ1) is 6.45. The summed E-state index contributed by atoms with van der Waals surface area (Å²) >= 11 is 0. The quantitative estimate of drug-likeness (QED) is 0.644. The number of ether oxygens (including phenoxy) is 2. The lowest BCUT2D eigenvalue weighted by Gasteiger charge is -2.05. The van der Waals surface area contributed by atoms with Crippen molar-refractivity contribution in [3.8, 4) is 5.75 Å². The van der Waals surface area contributed by atoms with Crippen molar-refractivity contribution in [1.82, 2.24) is 0 Å². The van der Waals surface area contributed by atoms with Crippen LogP contribution < -0.4 is 4.74 Å². The van der Waals surface area contributed by atoms with Gasteiger partial charge in [0.15, 0.2) is 0 Å². The third-order valence-corrected chi connectivity index (χ3v) is 1.97. The van der Waals surface area contributed by atoms with Gasteiger partial charge in [0.25, 0.3) is 0 Å². The fourth-order valence-corrected chi connectivity index (χ4v) is 1.13. The van der Waals surface area contributed by atoms with Crippen molar-refractivity contribution in [2.45, 2.75) is 18.9 Å². The average Bonchev–Trinajstić information content (AvgIpc) is 2.98. The molecule has 1 aromatic carbocycles. The summed E-state index contributed by atoms with van der Waals surface area (Å²) in [5.74, 6) is 0.918. The van der Waals surface area contributed by atoms with Crippen LogP contribution in [-0.2, 0) is 4.74 Å². The Morgan fingerprint density at radius 2 is 1.85 bits per heavy atom. The minimum atomic E-state index is 0.527. The highest BCUT2D eigenvalue weighted by molar-refractivity contribution is 5.20. The molecule has 0 atom stereocenters. The molecule has 1 aliphatic rings. The molecule has 0 saturated heterocycles. The standard InChI is InChI=1S/C11H14O2/c1-2-4-10(5-3-1)12-8-9-13-11-6-7-11/h1-5,11H,6-9H2. The molecule has 0 bridgehead atoms. The third kappa shape index (κ3) is 3.07. The van der Waals surface area contributed by atoms with Crippen LogP contribution in [0.2, 0.25) is 0 Å². The van der Waals surface area contributed by atoms with E-state index in [-0.39, 0.29) is 0 Å². The smallest absolute Gasteiger partial charge is 0.119 e. The van der Waals surface area contributed by atoms with Gasteiger partial charge in [-0.3, -0.25) is 0 Å². The van der Waals surface area contributed by atoms with E-state index in [4.69, 9.17) is 9.47 Å². The molecule has 1 saturated carbocycles. The van der Waals surface area contributed by atoms with E-state index in [1.807, 2.05) is 30.3 Å². The molecule has 0 aromatic heterocycles. The highest BCUT2D eigenvalue weighted by atomic mass is 16.5. The largest absolute Gasteiger partial charge is 0.491 e. The summed E-state index contributed by atoms with van der Waals surface area (Å²) in [6.07, 6.45) is 2.98. The molecule has 1 aliphatic carbocycles. The maximum atomic E-state index is 5.46. The Hall–Kier alpha value is -1.02. The number of hydrogen-bond acceptors (Lipinski definition) is 2. The molecule has 2 heteroatoms. The predicted molar refractivity (Wildman–Crippen MR) is 50.9 cm³/mol. The molecule has 1 aromatic rings. The Labute approximate surface area is 78.5 Å². The lowest BCUT2D eigenvalue weighted by Crippen LogP contribution is -2.07. The molecule has 1 fully saturated rings. The number of benzene rings is 1. The second kappa shape index (κ2) is 4.28. The summed E-state index contributed by atoms with van der Waals surface area (Å²) in [7, 11) is 0. The second-order valence-electron chi connectivity index (χ2n) is 3.23. The molecular weight excluding hydrogens is 164 g/mol. The summed E-state index contributed by atoms with van der Waals surface area (Å²) < 4.78 is 10.9. The lowest BCUT2D eigenvalue weighted by atomic mass is 10.3. The first kappa shape index (κ1) is 8.57. The van der Waals surface area contributed by atoms with E-state index in [2.05, 4.69) is 0 Å². The fraction of sp³-hybridized carbons (Fsp3) is 0.455. The Morgan fingerprint density at radius 1 is 1.08 bits per heavy atom. The van der Waals surface area contributed by atoms with Crippen LogP contribution in [0.25, 0.3) is 0 Å². The number of para-hydroxylation sites is 1. The van der Waals surface area contributed by atoms with Gasteiger partial charge in [-0.15, -0.1) is 0 Å². The number of hydrogen-bond donors (Lipinski definition) is 0. The minimum absolute atomic E-state index is 0.527. The molecule has 0 N–H and O–H groups in total. The Kier molecular flexibility index (Phi) is 2.82. The third-order valence-electron chi connectivity index (χ3n) is 1.97. The summed E-state index contributed by atoms with van der Waals surface area (Å²) in [6.45, 7) is 1.36. The van der Waals surface area contributed by atoms with Crippen LogP contribution in [0.5, 0.6) is 5.75 Å². The molecule has 70 valence electrons. The summed E-state index contributed by atoms with van der Waals surface area (Å²) in [5, 5.41) is 0. The van der Waals surface area contributed by atoms with Crippen LogP contribution in [0, 0.1) is 0 Å². The molecule has 0 amide bonds. The molecule has 2 nitrogen and oxygen atoms in total. The number of rotatable bonds is 5. The maximum absolute atomic E-state index is 5.46. The zero-order chi connectivity index (χ0) is 8.93. The van der Waals surface area contributed by atoms with Crippen molar-refractivity contribution >= 4 is 0 Å². The fourth-order valence-electron chi connectivity index (χ4n) is 1.13. The summed E-state index contributed by atoms with van der Waals surface area (Å²) in [4.78, 5) is 0. The normalized spacial score (nSPS) is 15.7. The van der Waals surface area contributed by atoms with Crippen molar-refractivity contribution in [2.24, 2.45) is 0 Å². The Balaban J connectivity index is 1.61. The molecule has 0 radical (unpaired) electrons. The van der Waals surface area contributed by atoms with Crippen molar-refractivity contribution in [3.05, 3.63) is 30.3 Å². The first-order valence-electron chi connectivity index (χ1n) is 4.74. The molecule has 0 aliphatic heterocycles. The van der Waals surface area contributed by atoms with E-state index >= 15 is 0 Å². The second-order valence-corrected chi connectivity index (χ2v) is 3.23. The van der Waals surface area contributed by atoms with Gasteiger partial charge in [-0.25, -0.2) is 0 Å². The van der Waals surface area contributed by atoms with Crippen LogP contribution in [0.1, 0.15) is 12.8 Å². The molecule has 0 spiro atoms. The summed E-state index contributed by atoms with van der Waals surface area (Å²) in [6, 6.07) is 9.83. The molecule has 2 rings (SSSR count). The van der Waals surface area contributed by atoms with Crippen molar-refractivity contribution < 1.29 is 9.47 Å². The van der Waals surface area contributed by atoms with Crippen LogP contribution in [0.15, 0.2) is 30.3 Å². The van der Waals surface area contributed by atoms with E-state index in [0.29, 0.717) is 19.3 Å². The summed E-state index contributed by atoms with van der Waals surface area (Å²) in [5.41, 5.74) is 0. The van der Waals surface area contributed by atoms with Gasteiger partial charge < -0.3 is 9.47 Å². The van der Waals surface area contributed by atoms with Crippen molar-refractivity contribution in [1.29, 1.82) is 0 Å². The monoisotopic (exact) mass is 178 g/mol.